The van der Waals surface area contributed by atoms with Crippen LogP contribution in [0.4, 0.5) is 0 Å². The van der Waals surface area contributed by atoms with Crippen molar-refractivity contribution in [1.29, 1.82) is 0 Å². The van der Waals surface area contributed by atoms with Gasteiger partial charge in [0.2, 0.25) is 0 Å². The first-order chi connectivity index (χ1) is 12.4. The Morgan fingerprint density at radius 1 is 1.12 bits per heavy atom. The van der Waals surface area contributed by atoms with Gasteiger partial charge >= 0.3 is 11.9 Å². The molecule has 1 aromatic carbocycles. The topological polar surface area (TPSA) is 52.6 Å². The highest BCUT2D eigenvalue weighted by molar-refractivity contribution is 5.75. The van der Waals surface area contributed by atoms with Crippen LogP contribution in [0.5, 0.6) is 5.75 Å². The van der Waals surface area contributed by atoms with E-state index in [0.29, 0.717) is 17.6 Å². The summed E-state index contributed by atoms with van der Waals surface area (Å²) in [6, 6.07) is 6.01. The van der Waals surface area contributed by atoms with Crippen molar-refractivity contribution in [1.82, 2.24) is 0 Å². The van der Waals surface area contributed by atoms with Crippen LogP contribution in [0, 0.1) is 17.3 Å². The summed E-state index contributed by atoms with van der Waals surface area (Å²) in [4.78, 5) is 22.7. The van der Waals surface area contributed by atoms with Crippen LogP contribution in [0.15, 0.2) is 24.3 Å². The summed E-state index contributed by atoms with van der Waals surface area (Å²) < 4.78 is 10.9. The molecule has 0 unspecified atom stereocenters. The Bertz CT molecular complexity index is 793. The Hall–Kier alpha value is -2.10. The van der Waals surface area contributed by atoms with Gasteiger partial charge in [0, 0.05) is 19.3 Å². The summed E-state index contributed by atoms with van der Waals surface area (Å²) in [6.45, 7) is 5.24. The first-order valence-corrected chi connectivity index (χ1v) is 9.57. The van der Waals surface area contributed by atoms with Gasteiger partial charge < -0.3 is 9.47 Å². The maximum atomic E-state index is 11.5. The number of carbonyl (C=O) groups is 2. The number of rotatable bonds is 2. The SMILES string of the molecule is CC(=O)Oc1ccc2c(c1)CC[C@@H]1C2=CC[C@@]2(C)[C@H](OC(C)=O)CC[C@@H]12. The van der Waals surface area contributed by atoms with Gasteiger partial charge in [0.1, 0.15) is 11.9 Å². The smallest absolute Gasteiger partial charge is 0.308 e. The molecule has 4 rings (SSSR count). The number of esters is 2. The van der Waals surface area contributed by atoms with Gasteiger partial charge in [0.05, 0.1) is 0 Å². The summed E-state index contributed by atoms with van der Waals surface area (Å²) in [7, 11) is 0. The lowest BCUT2D eigenvalue weighted by Gasteiger charge is -2.46. The summed E-state index contributed by atoms with van der Waals surface area (Å²) in [6.07, 6.45) is 7.55. The molecule has 0 radical (unpaired) electrons. The predicted molar refractivity (Wildman–Crippen MR) is 98.5 cm³/mol. The highest BCUT2D eigenvalue weighted by Gasteiger charge is 2.53. The first kappa shape index (κ1) is 17.3. The molecule has 0 aliphatic heterocycles. The molecule has 1 saturated carbocycles. The molecule has 0 amide bonds. The van der Waals surface area contributed by atoms with Crippen LogP contribution in [-0.4, -0.2) is 18.0 Å². The van der Waals surface area contributed by atoms with Crippen LogP contribution in [0.1, 0.15) is 57.6 Å². The molecule has 4 atom stereocenters. The Labute approximate surface area is 154 Å². The number of benzene rings is 1. The van der Waals surface area contributed by atoms with Crippen LogP contribution < -0.4 is 4.74 Å². The average Bonchev–Trinajstić information content (AvgIpc) is 2.90. The Morgan fingerprint density at radius 3 is 2.65 bits per heavy atom. The number of carbonyl (C=O) groups excluding carboxylic acids is 2. The lowest BCUT2D eigenvalue weighted by atomic mass is 9.60. The third-order valence-electron chi connectivity index (χ3n) is 6.65. The Balaban J connectivity index is 1.65. The van der Waals surface area contributed by atoms with E-state index in [0.717, 1.165) is 32.1 Å². The molecule has 0 saturated heterocycles. The van der Waals surface area contributed by atoms with Gasteiger partial charge in [-0.3, -0.25) is 9.59 Å². The second kappa shape index (κ2) is 6.26. The van der Waals surface area contributed by atoms with E-state index in [4.69, 9.17) is 9.47 Å². The molecule has 138 valence electrons. The molecule has 4 heteroatoms. The van der Waals surface area contributed by atoms with Crippen molar-refractivity contribution in [3.63, 3.8) is 0 Å². The highest BCUT2D eigenvalue weighted by atomic mass is 16.5. The van der Waals surface area contributed by atoms with Gasteiger partial charge in [-0.25, -0.2) is 0 Å². The van der Waals surface area contributed by atoms with Crippen molar-refractivity contribution in [3.8, 4) is 5.75 Å². The molecule has 1 aromatic rings. The fourth-order valence-corrected chi connectivity index (χ4v) is 5.53. The van der Waals surface area contributed by atoms with Crippen LogP contribution in [0.25, 0.3) is 5.57 Å². The van der Waals surface area contributed by atoms with Crippen molar-refractivity contribution in [2.75, 3.05) is 0 Å². The van der Waals surface area contributed by atoms with Crippen LogP contribution >= 0.6 is 0 Å². The van der Waals surface area contributed by atoms with Crippen LogP contribution in [-0.2, 0) is 20.7 Å². The molecule has 3 aliphatic rings. The molecule has 1 fully saturated rings. The van der Waals surface area contributed by atoms with Crippen molar-refractivity contribution >= 4 is 17.5 Å². The van der Waals surface area contributed by atoms with Crippen molar-refractivity contribution < 1.29 is 19.1 Å². The number of aryl methyl sites for hydroxylation is 1. The largest absolute Gasteiger partial charge is 0.462 e. The summed E-state index contributed by atoms with van der Waals surface area (Å²) >= 11 is 0. The molecule has 3 aliphatic carbocycles. The molecule has 0 aromatic heterocycles. The van der Waals surface area contributed by atoms with Gasteiger partial charge in [-0.2, -0.15) is 0 Å². The summed E-state index contributed by atoms with van der Waals surface area (Å²) in [5.41, 5.74) is 4.06. The minimum absolute atomic E-state index is 0.0375. The number of hydrogen-bond donors (Lipinski definition) is 0. The zero-order valence-electron chi connectivity index (χ0n) is 15.7. The molecular formula is C22H26O4. The van der Waals surface area contributed by atoms with E-state index in [1.807, 2.05) is 12.1 Å². The van der Waals surface area contributed by atoms with Crippen molar-refractivity contribution in [2.24, 2.45) is 17.3 Å². The molecule has 0 N–H and O–H groups in total. The van der Waals surface area contributed by atoms with Crippen LogP contribution in [0.3, 0.4) is 0 Å². The van der Waals surface area contributed by atoms with Crippen molar-refractivity contribution in [3.05, 3.63) is 35.4 Å². The number of hydrogen-bond acceptors (Lipinski definition) is 4. The maximum absolute atomic E-state index is 11.5. The Kier molecular flexibility index (Phi) is 4.17. The lowest BCUT2D eigenvalue weighted by Crippen LogP contribution is -2.41. The van der Waals surface area contributed by atoms with E-state index in [9.17, 15) is 9.59 Å². The fraction of sp³-hybridized carbons (Fsp3) is 0.545. The standard InChI is InChI=1S/C22H26O4/c1-13(23)25-16-5-7-17-15(12-16)4-6-19-18(17)10-11-22(3)20(19)8-9-21(22)26-14(2)24/h5,7,10,12,19-21H,4,6,8-9,11H2,1-3H3/t19-,20+,21-,22-/m1/s1. The second-order valence-electron chi connectivity index (χ2n) is 8.21. The number of fused-ring (bicyclic) bond motifs is 5. The third kappa shape index (κ3) is 2.76. The van der Waals surface area contributed by atoms with Gasteiger partial charge in [-0.1, -0.05) is 19.1 Å². The average molecular weight is 354 g/mol. The molecular weight excluding hydrogens is 328 g/mol. The molecule has 4 nitrogen and oxygen atoms in total. The predicted octanol–water partition coefficient (Wildman–Crippen LogP) is 4.31. The van der Waals surface area contributed by atoms with E-state index >= 15 is 0 Å². The quantitative estimate of drug-likeness (QED) is 0.587. The minimum Gasteiger partial charge on any atom is -0.462 e. The monoisotopic (exact) mass is 354 g/mol. The fourth-order valence-electron chi connectivity index (χ4n) is 5.53. The molecule has 0 bridgehead atoms. The minimum atomic E-state index is -0.284. The third-order valence-corrected chi connectivity index (χ3v) is 6.65. The van der Waals surface area contributed by atoms with Gasteiger partial charge in [-0.05, 0) is 72.8 Å². The molecule has 0 spiro atoms. The second-order valence-corrected chi connectivity index (χ2v) is 8.21. The molecule has 26 heavy (non-hydrogen) atoms. The van der Waals surface area contributed by atoms with E-state index in [2.05, 4.69) is 19.1 Å². The number of ether oxygens (including phenoxy) is 2. The number of allylic oxidation sites excluding steroid dienone is 2. The van der Waals surface area contributed by atoms with E-state index < -0.39 is 0 Å². The summed E-state index contributed by atoms with van der Waals surface area (Å²) in [5.74, 6) is 1.27. The van der Waals surface area contributed by atoms with E-state index in [1.165, 1.54) is 30.5 Å². The summed E-state index contributed by atoms with van der Waals surface area (Å²) in [5, 5.41) is 0. The van der Waals surface area contributed by atoms with E-state index in [-0.39, 0.29) is 23.5 Å². The normalized spacial score (nSPS) is 32.0. The zero-order valence-corrected chi connectivity index (χ0v) is 15.7. The van der Waals surface area contributed by atoms with Gasteiger partial charge in [0.15, 0.2) is 0 Å². The maximum Gasteiger partial charge on any atom is 0.308 e. The van der Waals surface area contributed by atoms with E-state index in [1.54, 1.807) is 0 Å². The van der Waals surface area contributed by atoms with Crippen molar-refractivity contribution in [2.45, 2.75) is 59.0 Å². The lowest BCUT2D eigenvalue weighted by molar-refractivity contribution is -0.152. The highest BCUT2D eigenvalue weighted by Crippen LogP contribution is 2.59. The first-order valence-electron chi connectivity index (χ1n) is 9.57. The Morgan fingerprint density at radius 2 is 1.92 bits per heavy atom. The zero-order chi connectivity index (χ0) is 18.5. The van der Waals surface area contributed by atoms with Crippen LogP contribution in [0.2, 0.25) is 0 Å². The van der Waals surface area contributed by atoms with Gasteiger partial charge in [0.25, 0.3) is 0 Å². The van der Waals surface area contributed by atoms with Gasteiger partial charge in [-0.15, -0.1) is 0 Å². The molecule has 0 heterocycles.